The van der Waals surface area contributed by atoms with Crippen LogP contribution in [0.2, 0.25) is 0 Å². The molecule has 160 valence electrons. The zero-order valence-corrected chi connectivity index (χ0v) is 18.2. The van der Waals surface area contributed by atoms with E-state index >= 15 is 0 Å². The van der Waals surface area contributed by atoms with Gasteiger partial charge in [0.25, 0.3) is 0 Å². The van der Waals surface area contributed by atoms with Crippen LogP contribution in [-0.4, -0.2) is 48.5 Å². The molecule has 0 aliphatic carbocycles. The Bertz CT molecular complexity index is 1130. The molecule has 7 nitrogen and oxygen atoms in total. The summed E-state index contributed by atoms with van der Waals surface area (Å²) in [4.78, 5) is 34.0. The summed E-state index contributed by atoms with van der Waals surface area (Å²) >= 11 is 1.60. The van der Waals surface area contributed by atoms with Crippen molar-refractivity contribution >= 4 is 39.1 Å². The molecule has 0 radical (unpaired) electrons. The van der Waals surface area contributed by atoms with Crippen LogP contribution in [-0.2, 0) is 9.59 Å². The Kier molecular flexibility index (Phi) is 5.02. The first-order chi connectivity index (χ1) is 15.0. The predicted molar refractivity (Wildman–Crippen MR) is 119 cm³/mol. The number of carbonyl (C=O) groups is 2. The van der Waals surface area contributed by atoms with Gasteiger partial charge in [-0.15, -0.1) is 11.3 Å². The van der Waals surface area contributed by atoms with Crippen molar-refractivity contribution < 1.29 is 19.1 Å². The van der Waals surface area contributed by atoms with Gasteiger partial charge in [0, 0.05) is 31.8 Å². The maximum Gasteiger partial charge on any atom is 0.228 e. The Balaban J connectivity index is 1.31. The minimum Gasteiger partial charge on any atom is -0.486 e. The number of amides is 2. The van der Waals surface area contributed by atoms with Crippen LogP contribution in [0.3, 0.4) is 0 Å². The van der Waals surface area contributed by atoms with Gasteiger partial charge in [0.05, 0.1) is 22.2 Å². The molecule has 3 aromatic rings. The van der Waals surface area contributed by atoms with Crippen LogP contribution in [0.25, 0.3) is 10.2 Å². The molecule has 0 spiro atoms. The maximum absolute atomic E-state index is 13.2. The standard InChI is InChI=1S/C23H23N3O4S/c1-14(22-24-17-5-3-4-6-20(17)31-22)25(2)23(28)15-11-21(27)26(13-15)16-7-8-18-19(12-16)30-10-9-29-18/h3-8,12,14-15H,9-11,13H2,1-2H3/t14-,15-/m0/s1. The molecule has 1 fully saturated rings. The van der Waals surface area contributed by atoms with E-state index in [9.17, 15) is 9.59 Å². The van der Waals surface area contributed by atoms with Gasteiger partial charge in [-0.2, -0.15) is 0 Å². The van der Waals surface area contributed by atoms with E-state index < -0.39 is 0 Å². The molecule has 8 heteroatoms. The van der Waals surface area contributed by atoms with Gasteiger partial charge in [-0.25, -0.2) is 4.98 Å². The molecule has 31 heavy (non-hydrogen) atoms. The Hall–Kier alpha value is -3.13. The first-order valence-corrected chi connectivity index (χ1v) is 11.1. The second kappa shape index (κ2) is 7.85. The highest BCUT2D eigenvalue weighted by atomic mass is 32.1. The minimum absolute atomic E-state index is 0.0415. The van der Waals surface area contributed by atoms with Gasteiger partial charge in [-0.05, 0) is 31.2 Å². The van der Waals surface area contributed by atoms with Gasteiger partial charge in [-0.3, -0.25) is 9.59 Å². The highest BCUT2D eigenvalue weighted by Crippen LogP contribution is 2.37. The molecule has 0 saturated carbocycles. The second-order valence-electron chi connectivity index (χ2n) is 7.88. The number of rotatable bonds is 4. The van der Waals surface area contributed by atoms with Crippen LogP contribution < -0.4 is 14.4 Å². The first-order valence-electron chi connectivity index (χ1n) is 10.3. The van der Waals surface area contributed by atoms with Crippen molar-refractivity contribution in [2.24, 2.45) is 5.92 Å². The molecule has 2 aromatic carbocycles. The normalized spacial score (nSPS) is 19.0. The van der Waals surface area contributed by atoms with Crippen molar-refractivity contribution in [1.29, 1.82) is 0 Å². The smallest absolute Gasteiger partial charge is 0.228 e. The minimum atomic E-state index is -0.387. The number of aromatic nitrogens is 1. The number of fused-ring (bicyclic) bond motifs is 2. The predicted octanol–water partition coefficient (Wildman–Crippen LogP) is 3.64. The lowest BCUT2D eigenvalue weighted by atomic mass is 10.1. The number of ether oxygens (including phenoxy) is 2. The van der Waals surface area contributed by atoms with Crippen LogP contribution in [0.1, 0.15) is 24.4 Å². The van der Waals surface area contributed by atoms with Crippen LogP contribution >= 0.6 is 11.3 Å². The fraction of sp³-hybridized carbons (Fsp3) is 0.348. The van der Waals surface area contributed by atoms with Crippen LogP contribution in [0.4, 0.5) is 5.69 Å². The zero-order valence-electron chi connectivity index (χ0n) is 17.4. The zero-order chi connectivity index (χ0) is 21.5. The number of carbonyl (C=O) groups excluding carboxylic acids is 2. The Morgan fingerprint density at radius 1 is 1.19 bits per heavy atom. The van der Waals surface area contributed by atoms with Crippen LogP contribution in [0.5, 0.6) is 11.5 Å². The summed E-state index contributed by atoms with van der Waals surface area (Å²) in [5.41, 5.74) is 1.67. The third-order valence-electron chi connectivity index (χ3n) is 5.91. The van der Waals surface area contributed by atoms with Crippen molar-refractivity contribution in [2.75, 3.05) is 31.7 Å². The first kappa shape index (κ1) is 19.8. The van der Waals surface area contributed by atoms with E-state index in [1.54, 1.807) is 28.2 Å². The molecule has 3 heterocycles. The summed E-state index contributed by atoms with van der Waals surface area (Å²) in [7, 11) is 1.79. The summed E-state index contributed by atoms with van der Waals surface area (Å²) in [6.45, 7) is 3.34. The average Bonchev–Trinajstić information content (AvgIpc) is 3.41. The SMILES string of the molecule is C[C@@H](c1nc2ccccc2s1)N(C)C(=O)[C@H]1CC(=O)N(c2ccc3c(c2)OCCO3)C1. The fourth-order valence-electron chi connectivity index (χ4n) is 4.04. The molecule has 1 aromatic heterocycles. The molecule has 5 rings (SSSR count). The Labute approximate surface area is 184 Å². The van der Waals surface area contributed by atoms with E-state index in [2.05, 4.69) is 4.98 Å². The second-order valence-corrected chi connectivity index (χ2v) is 8.94. The highest BCUT2D eigenvalue weighted by Gasteiger charge is 2.38. The Morgan fingerprint density at radius 3 is 2.77 bits per heavy atom. The van der Waals surface area contributed by atoms with Crippen molar-refractivity contribution in [3.05, 3.63) is 47.5 Å². The Morgan fingerprint density at radius 2 is 1.97 bits per heavy atom. The van der Waals surface area contributed by atoms with Gasteiger partial charge in [0.15, 0.2) is 11.5 Å². The quantitative estimate of drug-likeness (QED) is 0.623. The molecule has 1 saturated heterocycles. The number of hydrogen-bond acceptors (Lipinski definition) is 6. The van der Waals surface area contributed by atoms with Crippen molar-refractivity contribution in [3.63, 3.8) is 0 Å². The van der Waals surface area contributed by atoms with Gasteiger partial charge in [-0.1, -0.05) is 12.1 Å². The van der Waals surface area contributed by atoms with E-state index in [0.29, 0.717) is 31.3 Å². The van der Waals surface area contributed by atoms with E-state index in [1.807, 2.05) is 49.4 Å². The van der Waals surface area contributed by atoms with E-state index in [1.165, 1.54) is 0 Å². The lowest BCUT2D eigenvalue weighted by Crippen LogP contribution is -2.36. The molecule has 0 N–H and O–H groups in total. The van der Waals surface area contributed by atoms with Gasteiger partial charge >= 0.3 is 0 Å². The van der Waals surface area contributed by atoms with Gasteiger partial charge in [0.2, 0.25) is 11.8 Å². The molecule has 0 bridgehead atoms. The average molecular weight is 438 g/mol. The number of nitrogens with zero attached hydrogens (tertiary/aromatic N) is 3. The van der Waals surface area contributed by atoms with E-state index in [0.717, 1.165) is 20.9 Å². The van der Waals surface area contributed by atoms with E-state index in [4.69, 9.17) is 9.47 Å². The molecule has 2 aliphatic heterocycles. The van der Waals surface area contributed by atoms with Crippen LogP contribution in [0, 0.1) is 5.92 Å². The summed E-state index contributed by atoms with van der Waals surface area (Å²) in [6.07, 6.45) is 0.199. The van der Waals surface area contributed by atoms with Gasteiger partial charge in [0.1, 0.15) is 18.2 Å². The number of anilines is 1. The molecule has 0 unspecified atom stereocenters. The lowest BCUT2D eigenvalue weighted by molar-refractivity contribution is -0.136. The summed E-state index contributed by atoms with van der Waals surface area (Å²) in [6, 6.07) is 13.3. The maximum atomic E-state index is 13.2. The van der Waals surface area contributed by atoms with Crippen molar-refractivity contribution in [2.45, 2.75) is 19.4 Å². The summed E-state index contributed by atoms with van der Waals surface area (Å²) in [5, 5.41) is 0.894. The third-order valence-corrected chi connectivity index (χ3v) is 7.11. The molecular weight excluding hydrogens is 414 g/mol. The summed E-state index contributed by atoms with van der Waals surface area (Å²) < 4.78 is 12.3. The molecule has 2 atom stereocenters. The highest BCUT2D eigenvalue weighted by molar-refractivity contribution is 7.18. The number of benzene rings is 2. The molecular formula is C23H23N3O4S. The summed E-state index contributed by atoms with van der Waals surface area (Å²) in [5.74, 6) is 0.824. The van der Waals surface area contributed by atoms with E-state index in [-0.39, 0.29) is 30.2 Å². The topological polar surface area (TPSA) is 72.0 Å². The number of para-hydroxylation sites is 1. The monoisotopic (exact) mass is 437 g/mol. The largest absolute Gasteiger partial charge is 0.486 e. The number of thiazole rings is 1. The van der Waals surface area contributed by atoms with Gasteiger partial charge < -0.3 is 19.3 Å². The molecule has 2 aliphatic rings. The molecule has 2 amide bonds. The number of hydrogen-bond donors (Lipinski definition) is 0. The van der Waals surface area contributed by atoms with Crippen molar-refractivity contribution in [3.8, 4) is 11.5 Å². The lowest BCUT2D eigenvalue weighted by Gasteiger charge is -2.26. The van der Waals surface area contributed by atoms with Crippen LogP contribution in [0.15, 0.2) is 42.5 Å². The van der Waals surface area contributed by atoms with Crippen molar-refractivity contribution in [1.82, 2.24) is 9.88 Å². The third kappa shape index (κ3) is 3.61. The fourth-order valence-corrected chi connectivity index (χ4v) is 5.10.